The Hall–Kier alpha value is -3.81. The summed E-state index contributed by atoms with van der Waals surface area (Å²) in [5.74, 6) is 0.861. The Morgan fingerprint density at radius 1 is 1.11 bits per heavy atom. The Morgan fingerprint density at radius 2 is 1.91 bits per heavy atom. The fourth-order valence-electron chi connectivity index (χ4n) is 7.66. The highest BCUT2D eigenvalue weighted by atomic mass is 35.5. The molecule has 0 N–H and O–H groups in total. The smallest absolute Gasteiger partial charge is 0.411 e. The predicted octanol–water partition coefficient (Wildman–Crippen LogP) is 5.80. The maximum Gasteiger partial charge on any atom is 0.411 e. The predicted molar refractivity (Wildman–Crippen MR) is 180 cm³/mol. The van der Waals surface area contributed by atoms with Crippen molar-refractivity contribution in [2.24, 2.45) is 0 Å². The molecule has 11 heteroatoms. The second-order valence-corrected chi connectivity index (χ2v) is 14.5. The van der Waals surface area contributed by atoms with Crippen LogP contribution in [0.25, 0.3) is 15.6 Å². The van der Waals surface area contributed by atoms with Gasteiger partial charge in [0.05, 0.1) is 23.3 Å². The molecule has 0 radical (unpaired) electrons. The average Bonchev–Trinajstić information content (AvgIpc) is 3.54. The number of ether oxygens (including phenoxy) is 2. The van der Waals surface area contributed by atoms with Crippen molar-refractivity contribution in [1.29, 1.82) is 0 Å². The topological polar surface area (TPSA) is 78.6 Å². The molecule has 3 fully saturated rings. The number of carbonyl (C=O) groups is 1. The third-order valence-corrected chi connectivity index (χ3v) is 10.2. The van der Waals surface area contributed by atoms with Crippen molar-refractivity contribution in [2.45, 2.75) is 82.8 Å². The average molecular weight is 644 g/mol. The van der Waals surface area contributed by atoms with Crippen molar-refractivity contribution in [3.63, 3.8) is 0 Å². The van der Waals surface area contributed by atoms with Crippen LogP contribution in [0.2, 0.25) is 5.02 Å². The summed E-state index contributed by atoms with van der Waals surface area (Å²) in [6, 6.07) is 12.4. The summed E-state index contributed by atoms with van der Waals surface area (Å²) in [5.41, 5.74) is 2.54. The molecule has 7 rings (SSSR count). The lowest BCUT2D eigenvalue weighted by atomic mass is 10.0. The molecule has 3 saturated heterocycles. The van der Waals surface area contributed by atoms with Crippen LogP contribution in [0.1, 0.15) is 51.3 Å². The monoisotopic (exact) mass is 643 g/mol. The minimum atomic E-state index is -0.604. The van der Waals surface area contributed by atoms with Crippen molar-refractivity contribution in [3.8, 4) is 6.01 Å². The largest absolute Gasteiger partial charge is 0.462 e. The number of amides is 1. The number of rotatable bonds is 5. The van der Waals surface area contributed by atoms with Gasteiger partial charge >= 0.3 is 12.1 Å². The maximum absolute atomic E-state index is 13.3. The first-order valence-corrected chi connectivity index (χ1v) is 16.8. The van der Waals surface area contributed by atoms with E-state index in [1.54, 1.807) is 0 Å². The summed E-state index contributed by atoms with van der Waals surface area (Å²) in [5, 5.41) is 2.89. The Kier molecular flexibility index (Phi) is 8.10. The number of benzene rings is 2. The highest BCUT2D eigenvalue weighted by Crippen LogP contribution is 2.40. The van der Waals surface area contributed by atoms with Crippen LogP contribution >= 0.6 is 11.6 Å². The fourth-order valence-corrected chi connectivity index (χ4v) is 7.94. The number of fused-ring (bicyclic) bond motifs is 4. The summed E-state index contributed by atoms with van der Waals surface area (Å²) in [6.45, 7) is 17.6. The molecule has 4 aliphatic heterocycles. The first kappa shape index (κ1) is 30.8. The van der Waals surface area contributed by atoms with Crippen LogP contribution in [0.4, 0.5) is 16.3 Å². The molecular formula is C35H42ClN7O3. The van der Waals surface area contributed by atoms with Gasteiger partial charge in [0, 0.05) is 48.7 Å². The number of halogens is 1. The molecule has 1 aromatic heterocycles. The van der Waals surface area contributed by atoms with Gasteiger partial charge in [0.15, 0.2) is 0 Å². The van der Waals surface area contributed by atoms with Crippen molar-refractivity contribution in [3.05, 3.63) is 64.1 Å². The van der Waals surface area contributed by atoms with E-state index in [1.165, 1.54) is 0 Å². The molecule has 2 aromatic carbocycles. The minimum absolute atomic E-state index is 0.132. The molecule has 242 valence electrons. The first-order chi connectivity index (χ1) is 22.1. The maximum atomic E-state index is 13.3. The Balaban J connectivity index is 1.22. The molecule has 3 aromatic rings. The van der Waals surface area contributed by atoms with E-state index in [0.29, 0.717) is 44.7 Å². The normalized spacial score (nSPS) is 24.7. The van der Waals surface area contributed by atoms with Crippen LogP contribution in [0.15, 0.2) is 36.4 Å². The van der Waals surface area contributed by atoms with Crippen LogP contribution in [0.3, 0.4) is 0 Å². The Morgan fingerprint density at radius 3 is 2.65 bits per heavy atom. The van der Waals surface area contributed by atoms with E-state index in [0.717, 1.165) is 70.9 Å². The highest BCUT2D eigenvalue weighted by Gasteiger charge is 2.54. The quantitative estimate of drug-likeness (QED) is 0.323. The number of nitrogens with zero attached hydrogens (tertiary/aromatic N) is 7. The van der Waals surface area contributed by atoms with Gasteiger partial charge in [-0.3, -0.25) is 4.90 Å². The minimum Gasteiger partial charge on any atom is -0.462 e. The molecule has 46 heavy (non-hydrogen) atoms. The first-order valence-electron chi connectivity index (χ1n) is 16.4. The fraction of sp³-hybridized carbons (Fsp3) is 0.543. The van der Waals surface area contributed by atoms with E-state index in [4.69, 9.17) is 37.6 Å². The molecule has 5 heterocycles. The number of likely N-dealkylation sites (tertiary alicyclic amines) is 1. The van der Waals surface area contributed by atoms with Gasteiger partial charge in [-0.1, -0.05) is 35.9 Å². The lowest BCUT2D eigenvalue weighted by molar-refractivity contribution is 0.0120. The highest BCUT2D eigenvalue weighted by molar-refractivity contribution is 6.36. The van der Waals surface area contributed by atoms with E-state index >= 15 is 0 Å². The second-order valence-electron chi connectivity index (χ2n) is 14.1. The number of likely N-dealkylation sites (N-methyl/N-ethyl adjacent to an activating group) is 1. The van der Waals surface area contributed by atoms with Gasteiger partial charge < -0.3 is 29.0 Å². The van der Waals surface area contributed by atoms with E-state index < -0.39 is 5.60 Å². The van der Waals surface area contributed by atoms with Gasteiger partial charge in [0.2, 0.25) is 6.04 Å². The number of aromatic nitrogens is 2. The molecule has 4 aliphatic rings. The molecule has 2 bridgehead atoms. The van der Waals surface area contributed by atoms with Gasteiger partial charge in [0.1, 0.15) is 24.1 Å². The van der Waals surface area contributed by atoms with E-state index in [2.05, 4.69) is 50.9 Å². The molecule has 1 amide bonds. The SMILES string of the molecule is [C-]#[N+]C1C[C@@H]2CN(c3nc(OC[C@@H]4CCCN4C)nc4c3CCN(c3cccc5cccc(Cl)c35)C4)CC1N2C(=O)OC(C)(C)C. The molecule has 0 aliphatic carbocycles. The zero-order valence-corrected chi connectivity index (χ0v) is 27.8. The van der Waals surface area contributed by atoms with Crippen LogP contribution in [-0.2, 0) is 17.7 Å². The molecule has 10 nitrogen and oxygen atoms in total. The lowest BCUT2D eigenvalue weighted by Gasteiger charge is -2.42. The van der Waals surface area contributed by atoms with Crippen LogP contribution < -0.4 is 14.5 Å². The van der Waals surface area contributed by atoms with Gasteiger partial charge in [-0.25, -0.2) is 11.4 Å². The number of hydrogen-bond acceptors (Lipinski definition) is 8. The Bertz CT molecular complexity index is 1680. The molecule has 0 saturated carbocycles. The molecule has 0 spiro atoms. The number of piperazine rings is 1. The third kappa shape index (κ3) is 5.80. The molecule has 4 atom stereocenters. The van der Waals surface area contributed by atoms with Gasteiger partial charge in [-0.05, 0) is 71.1 Å². The summed E-state index contributed by atoms with van der Waals surface area (Å²) in [4.78, 5) is 36.1. The van der Waals surface area contributed by atoms with Gasteiger partial charge in [0.25, 0.3) is 0 Å². The van der Waals surface area contributed by atoms with E-state index in [9.17, 15) is 4.79 Å². The standard InChI is InChI=1S/C35H42ClN7O3/c1-35(2,3)46-34(44)43-24-17-27(37-4)30(43)20-42(18-24)32-25-14-16-41(29-13-7-10-22-9-6-12-26(36)31(22)29)19-28(25)38-33(39-32)45-21-23-11-8-15-40(23)5/h6-7,9-10,12-13,23-24,27,30H,8,11,14-21H2,1-3,5H3/t23-,24+,27?,30?/m0/s1. The lowest BCUT2D eigenvalue weighted by Crippen LogP contribution is -2.58. The van der Waals surface area contributed by atoms with Crippen molar-refractivity contribution < 1.29 is 14.3 Å². The molecule has 2 unspecified atom stereocenters. The zero-order chi connectivity index (χ0) is 32.2. The van der Waals surface area contributed by atoms with Crippen LogP contribution in [0.5, 0.6) is 6.01 Å². The number of carbonyl (C=O) groups excluding carboxylic acids is 1. The van der Waals surface area contributed by atoms with Crippen molar-refractivity contribution in [2.75, 3.05) is 49.6 Å². The van der Waals surface area contributed by atoms with Gasteiger partial charge in [-0.15, -0.1) is 0 Å². The van der Waals surface area contributed by atoms with Crippen molar-refractivity contribution >= 4 is 40.0 Å². The van der Waals surface area contributed by atoms with Crippen LogP contribution in [0, 0.1) is 6.57 Å². The number of anilines is 2. The Labute approximate surface area is 276 Å². The van der Waals surface area contributed by atoms with Crippen LogP contribution in [-0.4, -0.2) is 95.5 Å². The van der Waals surface area contributed by atoms with E-state index in [1.807, 2.05) is 37.8 Å². The van der Waals surface area contributed by atoms with E-state index in [-0.39, 0.29) is 24.2 Å². The summed E-state index contributed by atoms with van der Waals surface area (Å²) in [6.07, 6.45) is 3.30. The second kappa shape index (κ2) is 12.1. The zero-order valence-electron chi connectivity index (χ0n) is 27.1. The summed E-state index contributed by atoms with van der Waals surface area (Å²) < 4.78 is 12.1. The number of hydrogen-bond donors (Lipinski definition) is 0. The summed E-state index contributed by atoms with van der Waals surface area (Å²) in [7, 11) is 2.14. The molecular weight excluding hydrogens is 602 g/mol. The van der Waals surface area contributed by atoms with Crippen molar-refractivity contribution in [1.82, 2.24) is 19.8 Å². The summed E-state index contributed by atoms with van der Waals surface area (Å²) >= 11 is 6.73. The third-order valence-electron chi connectivity index (χ3n) is 9.89. The van der Waals surface area contributed by atoms with Gasteiger partial charge in [-0.2, -0.15) is 9.97 Å².